The molecule has 0 amide bonds. The summed E-state index contributed by atoms with van der Waals surface area (Å²) in [7, 11) is -3.78. The van der Waals surface area contributed by atoms with Crippen molar-refractivity contribution in [2.45, 2.75) is 36.6 Å². The van der Waals surface area contributed by atoms with Gasteiger partial charge in [-0.05, 0) is 43.7 Å². The summed E-state index contributed by atoms with van der Waals surface area (Å²) < 4.78 is 66.7. The number of alkyl halides is 3. The quantitative estimate of drug-likeness (QED) is 0.652. The number of hydrogen-bond donors (Lipinski definition) is 2. The molecule has 0 saturated carbocycles. The third-order valence-corrected chi connectivity index (χ3v) is 7.35. The molecule has 1 saturated heterocycles. The zero-order chi connectivity index (χ0) is 23.7. The fourth-order valence-electron chi connectivity index (χ4n) is 3.54. The van der Waals surface area contributed by atoms with Gasteiger partial charge in [0.1, 0.15) is 10.7 Å². The second-order valence-corrected chi connectivity index (χ2v) is 9.62. The number of allylic oxidation sites excluding steroid dienone is 1. The summed E-state index contributed by atoms with van der Waals surface area (Å²) in [6.07, 6.45) is 0.0377. The maximum atomic E-state index is 13.1. The van der Waals surface area contributed by atoms with E-state index in [1.807, 2.05) is 11.0 Å². The predicted octanol–water partition coefficient (Wildman–Crippen LogP) is 2.89. The number of piperazine rings is 1. The first-order valence-corrected chi connectivity index (χ1v) is 11.3. The van der Waals surface area contributed by atoms with Crippen LogP contribution in [0.25, 0.3) is 0 Å². The molecule has 0 aliphatic carbocycles. The van der Waals surface area contributed by atoms with Crippen molar-refractivity contribution in [2.24, 2.45) is 0 Å². The van der Waals surface area contributed by atoms with Gasteiger partial charge in [0, 0.05) is 31.5 Å². The van der Waals surface area contributed by atoms with Gasteiger partial charge in [-0.1, -0.05) is 24.3 Å². The molecule has 32 heavy (non-hydrogen) atoms. The van der Waals surface area contributed by atoms with Crippen LogP contribution in [0.5, 0.6) is 0 Å². The third-order valence-electron chi connectivity index (χ3n) is 5.51. The number of aliphatic hydroxyl groups is 1. The van der Waals surface area contributed by atoms with Gasteiger partial charge in [-0.2, -0.15) is 17.5 Å². The number of nitrogen functional groups attached to an aromatic ring is 1. The number of hydrogen-bond acceptors (Lipinski definition) is 6. The van der Waals surface area contributed by atoms with Gasteiger partial charge >= 0.3 is 6.18 Å². The molecule has 1 aliphatic rings. The first-order chi connectivity index (χ1) is 14.9. The molecule has 0 radical (unpaired) electrons. The number of benzene rings is 1. The van der Waals surface area contributed by atoms with Crippen LogP contribution in [0.15, 0.2) is 59.6 Å². The zero-order valence-electron chi connectivity index (χ0n) is 17.6. The minimum atomic E-state index is -4.81. The maximum absolute atomic E-state index is 13.1. The number of sulfonamides is 1. The molecule has 2 aromatic rings. The Bertz CT molecular complexity index is 1070. The van der Waals surface area contributed by atoms with Crippen molar-refractivity contribution < 1.29 is 26.7 Å². The van der Waals surface area contributed by atoms with Crippen molar-refractivity contribution in [2.75, 3.05) is 30.3 Å². The highest BCUT2D eigenvalue weighted by molar-refractivity contribution is 7.89. The van der Waals surface area contributed by atoms with E-state index in [1.54, 1.807) is 13.0 Å². The van der Waals surface area contributed by atoms with Crippen molar-refractivity contribution >= 4 is 21.5 Å². The Labute approximate surface area is 185 Å². The SMILES string of the molecule is C/C=C\[C@H]1CN(S(=O)(=O)c2ccc(N)nc2)CCN1c1ccc(C(C)(O)C(F)(F)F)cc1. The Morgan fingerprint density at radius 3 is 2.34 bits per heavy atom. The average Bonchev–Trinajstić information content (AvgIpc) is 2.73. The van der Waals surface area contributed by atoms with E-state index in [1.165, 1.54) is 46.9 Å². The molecule has 3 N–H and O–H groups in total. The molecule has 0 bridgehead atoms. The van der Waals surface area contributed by atoms with E-state index in [-0.39, 0.29) is 35.4 Å². The highest BCUT2D eigenvalue weighted by atomic mass is 32.2. The summed E-state index contributed by atoms with van der Waals surface area (Å²) >= 11 is 0. The molecular weight excluding hydrogens is 445 g/mol. The van der Waals surface area contributed by atoms with Gasteiger partial charge < -0.3 is 15.7 Å². The van der Waals surface area contributed by atoms with Gasteiger partial charge in [-0.25, -0.2) is 13.4 Å². The largest absolute Gasteiger partial charge is 0.421 e. The van der Waals surface area contributed by atoms with Crippen LogP contribution in [0.4, 0.5) is 24.7 Å². The molecule has 1 aliphatic heterocycles. The zero-order valence-corrected chi connectivity index (χ0v) is 18.4. The van der Waals surface area contributed by atoms with Crippen molar-refractivity contribution in [3.05, 3.63) is 60.3 Å². The minimum absolute atomic E-state index is 0.0399. The first kappa shape index (κ1) is 24.0. The molecule has 174 valence electrons. The van der Waals surface area contributed by atoms with Crippen molar-refractivity contribution in [3.63, 3.8) is 0 Å². The van der Waals surface area contributed by atoms with E-state index in [0.717, 1.165) is 0 Å². The molecule has 1 unspecified atom stereocenters. The van der Waals surface area contributed by atoms with Gasteiger partial charge in [0.15, 0.2) is 5.60 Å². The minimum Gasteiger partial charge on any atom is -0.384 e. The van der Waals surface area contributed by atoms with E-state index in [9.17, 15) is 26.7 Å². The summed E-state index contributed by atoms with van der Waals surface area (Å²) in [5.74, 6) is 0.216. The number of rotatable bonds is 5. The van der Waals surface area contributed by atoms with Crippen molar-refractivity contribution in [3.8, 4) is 0 Å². The highest BCUT2D eigenvalue weighted by Gasteiger charge is 2.51. The van der Waals surface area contributed by atoms with Crippen molar-refractivity contribution in [1.82, 2.24) is 9.29 Å². The van der Waals surface area contributed by atoms with Gasteiger partial charge in [0.05, 0.1) is 6.04 Å². The van der Waals surface area contributed by atoms with Gasteiger partial charge in [-0.3, -0.25) is 0 Å². The van der Waals surface area contributed by atoms with Crippen LogP contribution in [0.2, 0.25) is 0 Å². The van der Waals surface area contributed by atoms with E-state index < -0.39 is 21.8 Å². The Morgan fingerprint density at radius 1 is 1.16 bits per heavy atom. The maximum Gasteiger partial charge on any atom is 0.421 e. The number of nitrogens with two attached hydrogens (primary N) is 1. The molecule has 3 rings (SSSR count). The summed E-state index contributed by atoms with van der Waals surface area (Å²) in [6, 6.07) is 7.96. The van der Waals surface area contributed by atoms with E-state index in [0.29, 0.717) is 19.2 Å². The summed E-state index contributed by atoms with van der Waals surface area (Å²) in [4.78, 5) is 5.81. The fourth-order valence-corrected chi connectivity index (χ4v) is 4.94. The van der Waals surface area contributed by atoms with Crippen LogP contribution in [0.3, 0.4) is 0 Å². The lowest BCUT2D eigenvalue weighted by Crippen LogP contribution is -2.54. The Morgan fingerprint density at radius 2 is 1.81 bits per heavy atom. The first-order valence-electron chi connectivity index (χ1n) is 9.88. The van der Waals surface area contributed by atoms with Crippen LogP contribution in [-0.4, -0.2) is 54.7 Å². The average molecular weight is 471 g/mol. The fraction of sp³-hybridized carbons (Fsp3) is 0.381. The van der Waals surface area contributed by atoms with E-state index in [2.05, 4.69) is 4.98 Å². The summed E-state index contributed by atoms with van der Waals surface area (Å²) in [5.41, 5.74) is 2.93. The molecule has 1 aromatic heterocycles. The summed E-state index contributed by atoms with van der Waals surface area (Å²) in [5, 5.41) is 9.87. The van der Waals surface area contributed by atoms with Crippen LogP contribution in [0, 0.1) is 0 Å². The Hall–Kier alpha value is -2.63. The Balaban J connectivity index is 1.84. The van der Waals surface area contributed by atoms with E-state index in [4.69, 9.17) is 5.73 Å². The van der Waals surface area contributed by atoms with Crippen LogP contribution >= 0.6 is 0 Å². The third kappa shape index (κ3) is 4.59. The normalized spacial score (nSPS) is 20.4. The lowest BCUT2D eigenvalue weighted by Gasteiger charge is -2.41. The highest BCUT2D eigenvalue weighted by Crippen LogP contribution is 2.39. The second-order valence-electron chi connectivity index (χ2n) is 7.69. The van der Waals surface area contributed by atoms with Gasteiger partial charge in [0.2, 0.25) is 10.0 Å². The number of nitrogens with zero attached hydrogens (tertiary/aromatic N) is 3. The molecule has 1 fully saturated rings. The van der Waals surface area contributed by atoms with Gasteiger partial charge in [-0.15, -0.1) is 0 Å². The monoisotopic (exact) mass is 470 g/mol. The van der Waals surface area contributed by atoms with Crippen LogP contribution < -0.4 is 10.6 Å². The molecule has 1 aromatic carbocycles. The topological polar surface area (TPSA) is 99.8 Å². The van der Waals surface area contributed by atoms with Crippen LogP contribution in [0.1, 0.15) is 19.4 Å². The standard InChI is InChI=1S/C21H25F3N4O3S/c1-3-4-17-14-27(32(30,31)18-9-10-19(25)26-13-18)11-12-28(17)16-7-5-15(6-8-16)20(2,29)21(22,23)24/h3-10,13,17,29H,11-12,14H2,1-2H3,(H2,25,26)/b4-3-/t17-,20?/m0/s1. The Kier molecular flexibility index (Phi) is 6.55. The molecule has 0 spiro atoms. The van der Waals surface area contributed by atoms with Gasteiger partial charge in [0.25, 0.3) is 0 Å². The molecule has 2 atom stereocenters. The number of pyridine rings is 1. The molecule has 2 heterocycles. The lowest BCUT2D eigenvalue weighted by molar-refractivity contribution is -0.258. The van der Waals surface area contributed by atoms with E-state index >= 15 is 0 Å². The number of halogens is 3. The lowest BCUT2D eigenvalue weighted by atomic mass is 9.95. The summed E-state index contributed by atoms with van der Waals surface area (Å²) in [6.45, 7) is 3.17. The second kappa shape index (κ2) is 8.72. The smallest absolute Gasteiger partial charge is 0.384 e. The number of anilines is 2. The molecule has 11 heteroatoms. The van der Waals surface area contributed by atoms with Crippen LogP contribution in [-0.2, 0) is 15.6 Å². The molecule has 7 nitrogen and oxygen atoms in total. The molecular formula is C21H25F3N4O3S. The van der Waals surface area contributed by atoms with Crippen molar-refractivity contribution in [1.29, 1.82) is 0 Å². The number of aromatic nitrogens is 1. The predicted molar refractivity (Wildman–Crippen MR) is 115 cm³/mol.